The highest BCUT2D eigenvalue weighted by Crippen LogP contribution is 2.31. The van der Waals surface area contributed by atoms with Crippen LogP contribution in [0.25, 0.3) is 22.6 Å². The second-order valence-corrected chi connectivity index (χ2v) is 7.21. The first kappa shape index (κ1) is 21.9. The molecule has 0 bridgehead atoms. The largest absolute Gasteiger partial charge is 0.497 e. The number of aromatic nitrogens is 1. The van der Waals surface area contributed by atoms with E-state index in [-0.39, 0.29) is 18.1 Å². The highest BCUT2D eigenvalue weighted by Gasteiger charge is 2.19. The Balaban J connectivity index is 1.49. The molecule has 3 aromatic carbocycles. The van der Waals surface area contributed by atoms with Gasteiger partial charge in [-0.3, -0.25) is 4.79 Å². The van der Waals surface area contributed by atoms with E-state index in [4.69, 9.17) is 18.6 Å². The Labute approximate surface area is 190 Å². The van der Waals surface area contributed by atoms with Crippen LogP contribution in [0.4, 0.5) is 5.69 Å². The minimum Gasteiger partial charge on any atom is -0.497 e. The molecular weight excluding hydrogens is 424 g/mol. The van der Waals surface area contributed by atoms with E-state index in [1.807, 2.05) is 31.2 Å². The minimum absolute atomic E-state index is 0.101. The fourth-order valence-corrected chi connectivity index (χ4v) is 3.26. The third kappa shape index (κ3) is 4.79. The number of aryl methyl sites for hydroxylation is 1. The molecule has 8 nitrogen and oxygen atoms in total. The van der Waals surface area contributed by atoms with Crippen LogP contribution in [0.5, 0.6) is 11.5 Å². The molecule has 0 aliphatic rings. The molecule has 4 aromatic rings. The van der Waals surface area contributed by atoms with Crippen LogP contribution in [0.15, 0.2) is 65.1 Å². The monoisotopic (exact) mass is 446 g/mol. The Bertz CT molecular complexity index is 1310. The summed E-state index contributed by atoms with van der Waals surface area (Å²) in [6, 6.07) is 17.7. The fraction of sp³-hybridized carbons (Fsp3) is 0.160. The van der Waals surface area contributed by atoms with Gasteiger partial charge in [0.25, 0.3) is 5.91 Å². The summed E-state index contributed by atoms with van der Waals surface area (Å²) in [6.45, 7) is 1.82. The van der Waals surface area contributed by atoms with Gasteiger partial charge in [0, 0.05) is 17.3 Å². The molecule has 0 unspecified atom stereocenters. The number of anilines is 1. The summed E-state index contributed by atoms with van der Waals surface area (Å²) in [4.78, 5) is 28.8. The molecule has 1 amide bonds. The number of amides is 1. The zero-order valence-corrected chi connectivity index (χ0v) is 18.4. The molecule has 4 rings (SSSR count). The lowest BCUT2D eigenvalue weighted by atomic mass is 10.2. The van der Waals surface area contributed by atoms with Gasteiger partial charge in [0.15, 0.2) is 12.2 Å². The van der Waals surface area contributed by atoms with E-state index in [2.05, 4.69) is 10.3 Å². The van der Waals surface area contributed by atoms with Crippen LogP contribution in [-0.2, 0) is 9.53 Å². The molecule has 0 saturated heterocycles. The lowest BCUT2D eigenvalue weighted by Crippen LogP contribution is -2.20. The van der Waals surface area contributed by atoms with Crippen LogP contribution in [0.1, 0.15) is 15.9 Å². The quantitative estimate of drug-likeness (QED) is 0.414. The average molecular weight is 446 g/mol. The molecular formula is C25H22N2O6. The number of nitrogens with one attached hydrogen (secondary N) is 1. The molecule has 0 fully saturated rings. The standard InChI is InChI=1S/C25H22N2O6/c1-15-6-4-5-7-21(15)32-14-22(28)26-17-10-8-16(9-11-17)24-27-20-13-18(30-2)12-19(23(20)33-24)25(29)31-3/h4-13H,14H2,1-3H3,(H,26,28). The summed E-state index contributed by atoms with van der Waals surface area (Å²) in [5.41, 5.74) is 3.24. The molecule has 0 aliphatic carbocycles. The van der Waals surface area contributed by atoms with Gasteiger partial charge >= 0.3 is 5.97 Å². The maximum Gasteiger partial charge on any atom is 0.341 e. The van der Waals surface area contributed by atoms with Gasteiger partial charge in [0.2, 0.25) is 5.89 Å². The maximum atomic E-state index is 12.2. The van der Waals surface area contributed by atoms with Crippen LogP contribution in [0.2, 0.25) is 0 Å². The van der Waals surface area contributed by atoms with E-state index >= 15 is 0 Å². The predicted octanol–water partition coefficient (Wildman–Crippen LogP) is 4.62. The second kappa shape index (κ2) is 9.44. The fourth-order valence-electron chi connectivity index (χ4n) is 3.26. The number of carbonyl (C=O) groups excluding carboxylic acids is 2. The van der Waals surface area contributed by atoms with Crippen molar-refractivity contribution in [3.63, 3.8) is 0 Å². The molecule has 1 aromatic heterocycles. The van der Waals surface area contributed by atoms with E-state index < -0.39 is 5.97 Å². The van der Waals surface area contributed by atoms with Crippen molar-refractivity contribution in [2.45, 2.75) is 6.92 Å². The Kier molecular flexibility index (Phi) is 6.26. The first-order chi connectivity index (χ1) is 16.0. The molecule has 33 heavy (non-hydrogen) atoms. The highest BCUT2D eigenvalue weighted by molar-refractivity contribution is 6.02. The molecule has 0 radical (unpaired) electrons. The van der Waals surface area contributed by atoms with Crippen molar-refractivity contribution in [3.8, 4) is 23.0 Å². The van der Waals surface area contributed by atoms with Gasteiger partial charge < -0.3 is 23.9 Å². The van der Waals surface area contributed by atoms with Crippen molar-refractivity contribution in [3.05, 3.63) is 71.8 Å². The zero-order valence-electron chi connectivity index (χ0n) is 18.4. The van der Waals surface area contributed by atoms with Gasteiger partial charge in [0.05, 0.1) is 14.2 Å². The Morgan fingerprint density at radius 2 is 1.79 bits per heavy atom. The van der Waals surface area contributed by atoms with Crippen molar-refractivity contribution in [1.29, 1.82) is 0 Å². The van der Waals surface area contributed by atoms with Gasteiger partial charge in [-0.1, -0.05) is 18.2 Å². The number of fused-ring (bicyclic) bond motifs is 1. The summed E-state index contributed by atoms with van der Waals surface area (Å²) >= 11 is 0. The number of nitrogens with zero attached hydrogens (tertiary/aromatic N) is 1. The van der Waals surface area contributed by atoms with Gasteiger partial charge in [-0.25, -0.2) is 9.78 Å². The topological polar surface area (TPSA) is 99.9 Å². The van der Waals surface area contributed by atoms with Crippen LogP contribution in [0, 0.1) is 6.92 Å². The summed E-state index contributed by atoms with van der Waals surface area (Å²) in [5, 5.41) is 2.79. The Hall–Kier alpha value is -4.33. The van der Waals surface area contributed by atoms with Crippen LogP contribution >= 0.6 is 0 Å². The molecule has 0 aliphatic heterocycles. The van der Waals surface area contributed by atoms with Crippen molar-refractivity contribution in [2.24, 2.45) is 0 Å². The van der Waals surface area contributed by atoms with E-state index in [1.165, 1.54) is 14.2 Å². The number of hydrogen-bond donors (Lipinski definition) is 1. The summed E-state index contributed by atoms with van der Waals surface area (Å²) < 4.78 is 21.5. The first-order valence-electron chi connectivity index (χ1n) is 10.1. The normalized spacial score (nSPS) is 10.6. The van der Waals surface area contributed by atoms with Crippen molar-refractivity contribution < 1.29 is 28.2 Å². The number of benzene rings is 3. The maximum absolute atomic E-state index is 12.2. The zero-order chi connectivity index (χ0) is 23.4. The smallest absolute Gasteiger partial charge is 0.341 e. The van der Waals surface area contributed by atoms with Gasteiger partial charge in [-0.15, -0.1) is 0 Å². The minimum atomic E-state index is -0.549. The average Bonchev–Trinajstić information content (AvgIpc) is 3.27. The van der Waals surface area contributed by atoms with Gasteiger partial charge in [0.1, 0.15) is 22.6 Å². The van der Waals surface area contributed by atoms with Gasteiger partial charge in [-0.2, -0.15) is 0 Å². The first-order valence-corrected chi connectivity index (χ1v) is 10.1. The number of esters is 1. The van der Waals surface area contributed by atoms with E-state index in [9.17, 15) is 9.59 Å². The molecule has 0 spiro atoms. The van der Waals surface area contributed by atoms with E-state index in [0.29, 0.717) is 39.7 Å². The third-order valence-corrected chi connectivity index (χ3v) is 4.97. The lowest BCUT2D eigenvalue weighted by molar-refractivity contribution is -0.118. The van der Waals surface area contributed by atoms with E-state index in [0.717, 1.165) is 5.56 Å². The number of methoxy groups -OCH3 is 2. The molecule has 168 valence electrons. The molecule has 1 N–H and O–H groups in total. The lowest BCUT2D eigenvalue weighted by Gasteiger charge is -2.09. The Morgan fingerprint density at radius 3 is 2.48 bits per heavy atom. The van der Waals surface area contributed by atoms with Crippen molar-refractivity contribution >= 4 is 28.7 Å². The number of rotatable bonds is 7. The number of ether oxygens (including phenoxy) is 3. The second-order valence-electron chi connectivity index (χ2n) is 7.21. The number of oxazole rings is 1. The summed E-state index contributed by atoms with van der Waals surface area (Å²) in [6.07, 6.45) is 0. The van der Waals surface area contributed by atoms with Gasteiger partial charge in [-0.05, 0) is 48.9 Å². The highest BCUT2D eigenvalue weighted by atomic mass is 16.5. The van der Waals surface area contributed by atoms with Crippen molar-refractivity contribution in [1.82, 2.24) is 4.98 Å². The third-order valence-electron chi connectivity index (χ3n) is 4.97. The number of para-hydroxylation sites is 1. The molecule has 8 heteroatoms. The molecule has 1 heterocycles. The Morgan fingerprint density at radius 1 is 1.03 bits per heavy atom. The predicted molar refractivity (Wildman–Crippen MR) is 123 cm³/mol. The van der Waals surface area contributed by atoms with E-state index in [1.54, 1.807) is 36.4 Å². The van der Waals surface area contributed by atoms with Crippen LogP contribution in [-0.4, -0.2) is 37.7 Å². The van der Waals surface area contributed by atoms with Crippen molar-refractivity contribution in [2.75, 3.05) is 26.1 Å². The number of carbonyl (C=O) groups is 2. The summed E-state index contributed by atoms with van der Waals surface area (Å²) in [7, 11) is 2.80. The van der Waals surface area contributed by atoms with Crippen LogP contribution in [0.3, 0.4) is 0 Å². The van der Waals surface area contributed by atoms with Crippen LogP contribution < -0.4 is 14.8 Å². The molecule has 0 atom stereocenters. The summed E-state index contributed by atoms with van der Waals surface area (Å²) in [5.74, 6) is 0.634. The SMILES string of the molecule is COC(=O)c1cc(OC)cc2nc(-c3ccc(NC(=O)COc4ccccc4C)cc3)oc12. The number of hydrogen-bond acceptors (Lipinski definition) is 7. The molecule has 0 saturated carbocycles.